The van der Waals surface area contributed by atoms with Crippen LogP contribution in [-0.2, 0) is 0 Å². The largest absolute Gasteiger partial charge is 0.385 e. The highest BCUT2D eigenvalue weighted by Gasteiger charge is 2.32. The van der Waals surface area contributed by atoms with Gasteiger partial charge in [-0.05, 0) is 18.8 Å². The molecule has 0 saturated heterocycles. The van der Waals surface area contributed by atoms with E-state index in [0.717, 1.165) is 19.3 Å². The van der Waals surface area contributed by atoms with Crippen LogP contribution in [0.15, 0.2) is 24.3 Å². The van der Waals surface area contributed by atoms with Crippen LogP contribution in [0.1, 0.15) is 58.8 Å². The zero-order chi connectivity index (χ0) is 11.9. The summed E-state index contributed by atoms with van der Waals surface area (Å²) in [4.78, 5) is 0. The van der Waals surface area contributed by atoms with Gasteiger partial charge in [-0.1, -0.05) is 70.3 Å². The molecule has 0 aromatic rings. The molecule has 0 fully saturated rings. The summed E-state index contributed by atoms with van der Waals surface area (Å²) in [6.07, 6.45) is 16.3. The van der Waals surface area contributed by atoms with Crippen molar-refractivity contribution < 1.29 is 5.11 Å². The first-order chi connectivity index (χ1) is 7.73. The fourth-order valence-corrected chi connectivity index (χ4v) is 2.55. The molecule has 0 aromatic carbocycles. The summed E-state index contributed by atoms with van der Waals surface area (Å²) < 4.78 is 0. The Morgan fingerprint density at radius 3 is 2.56 bits per heavy atom. The van der Waals surface area contributed by atoms with Gasteiger partial charge in [0.1, 0.15) is 0 Å². The van der Waals surface area contributed by atoms with Crippen LogP contribution in [0.5, 0.6) is 0 Å². The Morgan fingerprint density at radius 1 is 1.19 bits per heavy atom. The van der Waals surface area contributed by atoms with Crippen LogP contribution < -0.4 is 0 Å². The van der Waals surface area contributed by atoms with Crippen LogP contribution in [0.25, 0.3) is 0 Å². The molecular weight excluding hydrogens is 196 g/mol. The predicted octanol–water partition coefficient (Wildman–Crippen LogP) is 4.23. The van der Waals surface area contributed by atoms with Gasteiger partial charge >= 0.3 is 0 Å². The number of hydrogen-bond donors (Lipinski definition) is 1. The van der Waals surface area contributed by atoms with E-state index in [9.17, 15) is 5.11 Å². The highest BCUT2D eigenvalue weighted by atomic mass is 16.3. The maximum absolute atomic E-state index is 10.5. The van der Waals surface area contributed by atoms with Gasteiger partial charge in [-0.2, -0.15) is 0 Å². The lowest BCUT2D eigenvalue weighted by Crippen LogP contribution is -2.36. The summed E-state index contributed by atoms with van der Waals surface area (Å²) in [6.45, 7) is 4.42. The van der Waals surface area contributed by atoms with E-state index in [1.54, 1.807) is 0 Å². The Balaban J connectivity index is 2.40. The Kier molecular flexibility index (Phi) is 5.83. The van der Waals surface area contributed by atoms with E-state index >= 15 is 0 Å². The van der Waals surface area contributed by atoms with Crippen LogP contribution in [0.3, 0.4) is 0 Å². The third-order valence-electron chi connectivity index (χ3n) is 3.68. The first-order valence-electron chi connectivity index (χ1n) is 6.79. The molecule has 1 aliphatic carbocycles. The summed E-state index contributed by atoms with van der Waals surface area (Å²) in [5.41, 5.74) is -0.574. The monoisotopic (exact) mass is 222 g/mol. The zero-order valence-electron chi connectivity index (χ0n) is 10.8. The van der Waals surface area contributed by atoms with Crippen molar-refractivity contribution in [1.29, 1.82) is 0 Å². The number of unbranched alkanes of at least 4 members (excludes halogenated alkanes) is 3. The first-order valence-corrected chi connectivity index (χ1v) is 6.79. The fraction of sp³-hybridized carbons (Fsp3) is 0.733. The summed E-state index contributed by atoms with van der Waals surface area (Å²) in [5, 5.41) is 10.5. The molecule has 1 aliphatic rings. The van der Waals surface area contributed by atoms with Gasteiger partial charge in [-0.15, -0.1) is 0 Å². The second-order valence-electron chi connectivity index (χ2n) is 4.94. The summed E-state index contributed by atoms with van der Waals surface area (Å²) in [7, 11) is 0. The van der Waals surface area contributed by atoms with Crippen molar-refractivity contribution in [3.8, 4) is 0 Å². The highest BCUT2D eigenvalue weighted by Crippen LogP contribution is 2.32. The van der Waals surface area contributed by atoms with Gasteiger partial charge < -0.3 is 5.11 Å². The van der Waals surface area contributed by atoms with Gasteiger partial charge in [0.15, 0.2) is 0 Å². The zero-order valence-corrected chi connectivity index (χ0v) is 10.8. The Hall–Kier alpha value is -0.560. The molecule has 0 heterocycles. The van der Waals surface area contributed by atoms with E-state index in [4.69, 9.17) is 0 Å². The van der Waals surface area contributed by atoms with Crippen molar-refractivity contribution in [3.63, 3.8) is 0 Å². The van der Waals surface area contributed by atoms with Gasteiger partial charge in [-0.3, -0.25) is 0 Å². The number of rotatable bonds is 7. The average molecular weight is 222 g/mol. The van der Waals surface area contributed by atoms with Gasteiger partial charge in [0.05, 0.1) is 5.60 Å². The maximum Gasteiger partial charge on any atom is 0.0892 e. The molecule has 0 aliphatic heterocycles. The molecule has 1 rings (SSSR count). The molecular formula is C15H26O. The molecule has 92 valence electrons. The van der Waals surface area contributed by atoms with Crippen LogP contribution >= 0.6 is 0 Å². The van der Waals surface area contributed by atoms with Crippen LogP contribution in [-0.4, -0.2) is 10.7 Å². The fourth-order valence-electron chi connectivity index (χ4n) is 2.55. The number of aliphatic hydroxyl groups is 1. The summed E-state index contributed by atoms with van der Waals surface area (Å²) in [5.74, 6) is 0.422. The topological polar surface area (TPSA) is 20.2 Å². The Bertz CT molecular complexity index is 242. The normalized spacial score (nSPS) is 25.9. The lowest BCUT2D eigenvalue weighted by molar-refractivity contribution is 0.0224. The van der Waals surface area contributed by atoms with Crippen molar-refractivity contribution in [3.05, 3.63) is 24.3 Å². The predicted molar refractivity (Wildman–Crippen MR) is 70.4 cm³/mol. The van der Waals surface area contributed by atoms with E-state index in [0.29, 0.717) is 5.92 Å². The summed E-state index contributed by atoms with van der Waals surface area (Å²) in [6, 6.07) is 0. The van der Waals surface area contributed by atoms with Crippen molar-refractivity contribution in [2.75, 3.05) is 0 Å². The number of allylic oxidation sites excluding steroid dienone is 2. The molecule has 0 saturated carbocycles. The SMILES string of the molecule is CCCCCCC(CC)C1(O)C=CC=CC1. The molecule has 1 heteroatoms. The minimum atomic E-state index is -0.574. The highest BCUT2D eigenvalue weighted by molar-refractivity contribution is 5.19. The average Bonchev–Trinajstić information content (AvgIpc) is 2.30. The van der Waals surface area contributed by atoms with Crippen LogP contribution in [0.4, 0.5) is 0 Å². The Labute approximate surface area is 100 Å². The van der Waals surface area contributed by atoms with E-state index < -0.39 is 5.60 Å². The van der Waals surface area contributed by atoms with E-state index in [1.807, 2.05) is 18.2 Å². The van der Waals surface area contributed by atoms with E-state index in [1.165, 1.54) is 25.7 Å². The summed E-state index contributed by atoms with van der Waals surface area (Å²) >= 11 is 0. The second-order valence-corrected chi connectivity index (χ2v) is 4.94. The van der Waals surface area contributed by atoms with Crippen molar-refractivity contribution in [2.45, 2.75) is 64.4 Å². The molecule has 0 amide bonds. The molecule has 1 nitrogen and oxygen atoms in total. The molecule has 0 bridgehead atoms. The first kappa shape index (κ1) is 13.5. The van der Waals surface area contributed by atoms with E-state index in [-0.39, 0.29) is 0 Å². The van der Waals surface area contributed by atoms with Crippen molar-refractivity contribution >= 4 is 0 Å². The van der Waals surface area contributed by atoms with Gasteiger partial charge in [0.2, 0.25) is 0 Å². The quantitative estimate of drug-likeness (QED) is 0.639. The third kappa shape index (κ3) is 3.79. The minimum absolute atomic E-state index is 0.422. The molecule has 0 radical (unpaired) electrons. The van der Waals surface area contributed by atoms with Gasteiger partial charge in [0.25, 0.3) is 0 Å². The second kappa shape index (κ2) is 6.90. The molecule has 0 spiro atoms. The maximum atomic E-state index is 10.5. The molecule has 2 unspecified atom stereocenters. The smallest absolute Gasteiger partial charge is 0.0892 e. The third-order valence-corrected chi connectivity index (χ3v) is 3.68. The van der Waals surface area contributed by atoms with Crippen molar-refractivity contribution in [2.24, 2.45) is 5.92 Å². The van der Waals surface area contributed by atoms with E-state index in [2.05, 4.69) is 19.9 Å². The van der Waals surface area contributed by atoms with Gasteiger partial charge in [0, 0.05) is 0 Å². The lowest BCUT2D eigenvalue weighted by Gasteiger charge is -2.34. The Morgan fingerprint density at radius 2 is 2.00 bits per heavy atom. The number of hydrogen-bond acceptors (Lipinski definition) is 1. The van der Waals surface area contributed by atoms with Crippen LogP contribution in [0, 0.1) is 5.92 Å². The van der Waals surface area contributed by atoms with Crippen LogP contribution in [0.2, 0.25) is 0 Å². The minimum Gasteiger partial charge on any atom is -0.385 e. The standard InChI is InChI=1S/C15H26O/c1-3-5-6-8-11-14(4-2)15(16)12-9-7-10-13-15/h7,9-10,12,14,16H,3-6,8,11,13H2,1-2H3. The molecule has 2 atom stereocenters. The lowest BCUT2D eigenvalue weighted by atomic mass is 9.78. The van der Waals surface area contributed by atoms with Crippen molar-refractivity contribution in [1.82, 2.24) is 0 Å². The molecule has 0 aromatic heterocycles. The van der Waals surface area contributed by atoms with Gasteiger partial charge in [-0.25, -0.2) is 0 Å². The molecule has 1 N–H and O–H groups in total. The molecule has 16 heavy (non-hydrogen) atoms.